The first-order chi connectivity index (χ1) is 11.2. The lowest BCUT2D eigenvalue weighted by Crippen LogP contribution is -1.82. The molecule has 0 aliphatic heterocycles. The largest absolute Gasteiger partial charge is 0.497 e. The molecule has 0 bridgehead atoms. The minimum Gasteiger partial charge on any atom is -0.497 e. The van der Waals surface area contributed by atoms with E-state index in [-0.39, 0.29) is 0 Å². The topological polar surface area (TPSA) is 27.7 Å². The minimum atomic E-state index is 0.645. The first-order valence-corrected chi connectivity index (χ1v) is 7.29. The number of methoxy groups -OCH3 is 3. The molecule has 2 aromatic carbocycles. The van der Waals surface area contributed by atoms with Crippen molar-refractivity contribution in [3.8, 4) is 11.5 Å². The van der Waals surface area contributed by atoms with Gasteiger partial charge in [-0.05, 0) is 35.4 Å². The molecule has 0 radical (unpaired) electrons. The van der Waals surface area contributed by atoms with E-state index in [1.807, 2.05) is 60.7 Å². The molecular weight excluding hydrogens is 288 g/mol. The number of hydrogen-bond acceptors (Lipinski definition) is 3. The van der Waals surface area contributed by atoms with Crippen LogP contribution in [0.4, 0.5) is 0 Å². The van der Waals surface area contributed by atoms with E-state index in [0.29, 0.717) is 6.61 Å². The Kier molecular flexibility index (Phi) is 8.94. The summed E-state index contributed by atoms with van der Waals surface area (Å²) in [6.45, 7) is 4.29. The summed E-state index contributed by atoms with van der Waals surface area (Å²) in [5, 5.41) is 0. The Labute approximate surface area is 138 Å². The van der Waals surface area contributed by atoms with Gasteiger partial charge in [-0.3, -0.25) is 0 Å². The van der Waals surface area contributed by atoms with Gasteiger partial charge in [-0.25, -0.2) is 0 Å². The molecule has 0 aliphatic carbocycles. The summed E-state index contributed by atoms with van der Waals surface area (Å²) in [6.07, 6.45) is 5.80. The van der Waals surface area contributed by atoms with Crippen molar-refractivity contribution < 1.29 is 14.2 Å². The van der Waals surface area contributed by atoms with Crippen LogP contribution in [0.1, 0.15) is 11.1 Å². The third-order valence-electron chi connectivity index (χ3n) is 3.04. The molecule has 2 rings (SSSR count). The number of rotatable bonds is 6. The quantitative estimate of drug-likeness (QED) is 0.774. The lowest BCUT2D eigenvalue weighted by molar-refractivity contribution is 0.234. The van der Waals surface area contributed by atoms with Crippen molar-refractivity contribution in [1.29, 1.82) is 0 Å². The molecule has 2 aromatic rings. The second kappa shape index (κ2) is 11.1. The third-order valence-corrected chi connectivity index (χ3v) is 3.04. The van der Waals surface area contributed by atoms with E-state index in [2.05, 4.69) is 6.58 Å². The lowest BCUT2D eigenvalue weighted by atomic mass is 10.2. The monoisotopic (exact) mass is 312 g/mol. The average molecular weight is 312 g/mol. The summed E-state index contributed by atoms with van der Waals surface area (Å²) in [6, 6.07) is 15.6. The third kappa shape index (κ3) is 7.34. The molecule has 0 saturated heterocycles. The molecule has 0 aromatic heterocycles. The Bertz CT molecular complexity index is 583. The summed E-state index contributed by atoms with van der Waals surface area (Å²) >= 11 is 0. The highest BCUT2D eigenvalue weighted by molar-refractivity contribution is 5.50. The van der Waals surface area contributed by atoms with Crippen molar-refractivity contribution in [2.24, 2.45) is 0 Å². The minimum absolute atomic E-state index is 0.645. The SMILES string of the molecule is C=Cc1ccc(OC)cc1.COCC=Cc1ccc(OC)cc1. The van der Waals surface area contributed by atoms with E-state index in [9.17, 15) is 0 Å². The highest BCUT2D eigenvalue weighted by Gasteiger charge is 1.89. The summed E-state index contributed by atoms with van der Waals surface area (Å²) < 4.78 is 14.9. The molecule has 0 saturated carbocycles. The van der Waals surface area contributed by atoms with Crippen molar-refractivity contribution >= 4 is 12.2 Å². The molecule has 122 valence electrons. The fraction of sp³-hybridized carbons (Fsp3) is 0.200. The Morgan fingerprint density at radius 3 is 1.65 bits per heavy atom. The first-order valence-electron chi connectivity index (χ1n) is 7.29. The van der Waals surface area contributed by atoms with E-state index >= 15 is 0 Å². The second-order valence-corrected chi connectivity index (χ2v) is 4.61. The maximum Gasteiger partial charge on any atom is 0.118 e. The van der Waals surface area contributed by atoms with Crippen LogP contribution in [0, 0.1) is 0 Å². The zero-order chi connectivity index (χ0) is 16.9. The van der Waals surface area contributed by atoms with Gasteiger partial charge in [-0.15, -0.1) is 0 Å². The number of hydrogen-bond donors (Lipinski definition) is 0. The van der Waals surface area contributed by atoms with Crippen LogP contribution in [0.3, 0.4) is 0 Å². The van der Waals surface area contributed by atoms with Gasteiger partial charge in [0.1, 0.15) is 11.5 Å². The predicted molar refractivity (Wildman–Crippen MR) is 97.0 cm³/mol. The van der Waals surface area contributed by atoms with Gasteiger partial charge in [0.05, 0.1) is 20.8 Å². The van der Waals surface area contributed by atoms with Crippen molar-refractivity contribution in [3.05, 3.63) is 72.3 Å². The van der Waals surface area contributed by atoms with E-state index in [1.54, 1.807) is 27.4 Å². The van der Waals surface area contributed by atoms with Crippen LogP contribution in [0.5, 0.6) is 11.5 Å². The van der Waals surface area contributed by atoms with Gasteiger partial charge in [0.25, 0.3) is 0 Å². The van der Waals surface area contributed by atoms with Crippen molar-refractivity contribution in [1.82, 2.24) is 0 Å². The van der Waals surface area contributed by atoms with Crippen LogP contribution in [-0.4, -0.2) is 27.9 Å². The zero-order valence-corrected chi connectivity index (χ0v) is 14.0. The molecular formula is C20H24O3. The highest BCUT2D eigenvalue weighted by atomic mass is 16.5. The first kappa shape index (κ1) is 18.5. The van der Waals surface area contributed by atoms with Gasteiger partial charge < -0.3 is 14.2 Å². The maximum absolute atomic E-state index is 5.05. The number of ether oxygens (including phenoxy) is 3. The second-order valence-electron chi connectivity index (χ2n) is 4.61. The molecule has 0 heterocycles. The van der Waals surface area contributed by atoms with Crippen LogP contribution >= 0.6 is 0 Å². The van der Waals surface area contributed by atoms with Gasteiger partial charge in [-0.2, -0.15) is 0 Å². The molecule has 3 heteroatoms. The molecule has 23 heavy (non-hydrogen) atoms. The Hall–Kier alpha value is -2.52. The fourth-order valence-corrected chi connectivity index (χ4v) is 1.74. The number of benzene rings is 2. The average Bonchev–Trinajstić information content (AvgIpc) is 2.63. The molecule has 0 spiro atoms. The van der Waals surface area contributed by atoms with E-state index < -0.39 is 0 Å². The molecule has 0 N–H and O–H groups in total. The van der Waals surface area contributed by atoms with Crippen LogP contribution in [0.2, 0.25) is 0 Å². The lowest BCUT2D eigenvalue weighted by Gasteiger charge is -1.98. The Morgan fingerprint density at radius 2 is 1.26 bits per heavy atom. The van der Waals surface area contributed by atoms with Crippen molar-refractivity contribution in [2.45, 2.75) is 0 Å². The Balaban J connectivity index is 0.000000238. The van der Waals surface area contributed by atoms with E-state index in [0.717, 1.165) is 22.6 Å². The van der Waals surface area contributed by atoms with Crippen molar-refractivity contribution in [3.63, 3.8) is 0 Å². The molecule has 3 nitrogen and oxygen atoms in total. The van der Waals surface area contributed by atoms with Gasteiger partial charge in [0.15, 0.2) is 0 Å². The van der Waals surface area contributed by atoms with Crippen LogP contribution in [0.15, 0.2) is 61.2 Å². The Morgan fingerprint density at radius 1 is 0.783 bits per heavy atom. The van der Waals surface area contributed by atoms with Crippen LogP contribution in [0.25, 0.3) is 12.2 Å². The smallest absolute Gasteiger partial charge is 0.118 e. The van der Waals surface area contributed by atoms with Gasteiger partial charge in [0, 0.05) is 7.11 Å². The van der Waals surface area contributed by atoms with Gasteiger partial charge in [-0.1, -0.05) is 49.1 Å². The van der Waals surface area contributed by atoms with Crippen LogP contribution in [-0.2, 0) is 4.74 Å². The predicted octanol–water partition coefficient (Wildman–Crippen LogP) is 4.69. The van der Waals surface area contributed by atoms with E-state index in [1.165, 1.54) is 0 Å². The maximum atomic E-state index is 5.05. The normalized spacial score (nSPS) is 9.87. The molecule has 0 aliphatic rings. The fourth-order valence-electron chi connectivity index (χ4n) is 1.74. The summed E-state index contributed by atoms with van der Waals surface area (Å²) in [4.78, 5) is 0. The molecule has 0 amide bonds. The summed E-state index contributed by atoms with van der Waals surface area (Å²) in [5.74, 6) is 1.76. The van der Waals surface area contributed by atoms with Crippen LogP contribution < -0.4 is 9.47 Å². The summed E-state index contributed by atoms with van der Waals surface area (Å²) in [7, 11) is 5.00. The van der Waals surface area contributed by atoms with Gasteiger partial charge >= 0.3 is 0 Å². The van der Waals surface area contributed by atoms with Gasteiger partial charge in [0.2, 0.25) is 0 Å². The summed E-state index contributed by atoms with van der Waals surface area (Å²) in [5.41, 5.74) is 2.26. The highest BCUT2D eigenvalue weighted by Crippen LogP contribution is 2.12. The molecule has 0 atom stereocenters. The molecule has 0 unspecified atom stereocenters. The van der Waals surface area contributed by atoms with E-state index in [4.69, 9.17) is 14.2 Å². The van der Waals surface area contributed by atoms with Crippen molar-refractivity contribution in [2.75, 3.05) is 27.9 Å². The standard InChI is InChI=1S/C11H14O2.C9H10O/c1-12-9-3-4-10-5-7-11(13-2)8-6-10;1-3-8-4-6-9(10-2)7-5-8/h3-8H,9H2,1-2H3;3-7H,1H2,2H3. The molecule has 0 fully saturated rings. The zero-order valence-electron chi connectivity index (χ0n) is 14.0.